The van der Waals surface area contributed by atoms with Gasteiger partial charge in [0.05, 0.1) is 22.8 Å². The van der Waals surface area contributed by atoms with Crippen LogP contribution in [0.4, 0.5) is 16.2 Å². The maximum absolute atomic E-state index is 14.7. The van der Waals surface area contributed by atoms with E-state index < -0.39 is 5.82 Å². The molecule has 1 saturated heterocycles. The van der Waals surface area contributed by atoms with Crippen LogP contribution in [0.2, 0.25) is 0 Å². The first-order chi connectivity index (χ1) is 16.9. The Morgan fingerprint density at radius 3 is 2.60 bits per heavy atom. The number of nitrogens with zero attached hydrogens (tertiary/aromatic N) is 6. The summed E-state index contributed by atoms with van der Waals surface area (Å²) in [6, 6.07) is 9.21. The number of carbonyl (C=O) groups is 1. The van der Waals surface area contributed by atoms with Crippen molar-refractivity contribution in [3.8, 4) is 11.3 Å². The molecule has 5 rings (SSSR count). The summed E-state index contributed by atoms with van der Waals surface area (Å²) in [7, 11) is 0. The second-order valence-corrected chi connectivity index (χ2v) is 8.82. The van der Waals surface area contributed by atoms with E-state index >= 15 is 0 Å². The first kappa shape index (κ1) is 22.9. The third kappa shape index (κ3) is 4.57. The molecule has 3 aromatic heterocycles. The number of piperazine rings is 1. The van der Waals surface area contributed by atoms with E-state index in [1.807, 2.05) is 25.1 Å². The Morgan fingerprint density at radius 1 is 1.09 bits per heavy atom. The topological polar surface area (TPSA) is 101 Å². The third-order valence-corrected chi connectivity index (χ3v) is 6.05. The SMILES string of the molecule is Cc1nc2ccc(-c3nc(Nc4ccc(C(=O)N5CCNCC5)cn4)ncc3F)cc2n1C(C)C. The summed E-state index contributed by atoms with van der Waals surface area (Å²) >= 11 is 0. The Kier molecular flexibility index (Phi) is 6.12. The fourth-order valence-electron chi connectivity index (χ4n) is 4.40. The van der Waals surface area contributed by atoms with Gasteiger partial charge in [0.1, 0.15) is 17.3 Å². The molecule has 0 saturated carbocycles. The van der Waals surface area contributed by atoms with Gasteiger partial charge in [-0.15, -0.1) is 0 Å². The summed E-state index contributed by atoms with van der Waals surface area (Å²) in [5.74, 6) is 1.01. The van der Waals surface area contributed by atoms with E-state index in [0.29, 0.717) is 30.0 Å². The van der Waals surface area contributed by atoms with Crippen molar-refractivity contribution in [2.24, 2.45) is 0 Å². The molecule has 1 amide bonds. The van der Waals surface area contributed by atoms with Crippen molar-refractivity contribution >= 4 is 28.7 Å². The molecule has 4 heterocycles. The summed E-state index contributed by atoms with van der Waals surface area (Å²) in [5.41, 5.74) is 3.11. The highest BCUT2D eigenvalue weighted by Crippen LogP contribution is 2.28. The van der Waals surface area contributed by atoms with E-state index in [2.05, 4.69) is 49.0 Å². The molecule has 1 aromatic carbocycles. The molecule has 10 heteroatoms. The van der Waals surface area contributed by atoms with Gasteiger partial charge in [-0.2, -0.15) is 0 Å². The molecule has 0 spiro atoms. The van der Waals surface area contributed by atoms with Gasteiger partial charge in [0.2, 0.25) is 5.95 Å². The zero-order chi connectivity index (χ0) is 24.5. The summed E-state index contributed by atoms with van der Waals surface area (Å²) in [6.45, 7) is 9.06. The first-order valence-corrected chi connectivity index (χ1v) is 11.7. The first-order valence-electron chi connectivity index (χ1n) is 11.7. The van der Waals surface area contributed by atoms with Gasteiger partial charge in [-0.3, -0.25) is 4.79 Å². The van der Waals surface area contributed by atoms with Crippen molar-refractivity contribution in [3.63, 3.8) is 0 Å². The predicted octanol–water partition coefficient (Wildman–Crippen LogP) is 3.71. The number of anilines is 2. The number of imidazole rings is 1. The van der Waals surface area contributed by atoms with Gasteiger partial charge in [0.15, 0.2) is 5.82 Å². The highest BCUT2D eigenvalue weighted by molar-refractivity contribution is 5.94. The number of rotatable bonds is 5. The van der Waals surface area contributed by atoms with E-state index in [-0.39, 0.29) is 23.6 Å². The summed E-state index contributed by atoms with van der Waals surface area (Å²) in [6.07, 6.45) is 2.67. The Labute approximate surface area is 202 Å². The van der Waals surface area contributed by atoms with E-state index in [4.69, 9.17) is 0 Å². The highest BCUT2D eigenvalue weighted by Gasteiger charge is 2.19. The Hall–Kier alpha value is -3.92. The summed E-state index contributed by atoms with van der Waals surface area (Å²) < 4.78 is 16.9. The molecule has 1 aliphatic heterocycles. The fourth-order valence-corrected chi connectivity index (χ4v) is 4.40. The quantitative estimate of drug-likeness (QED) is 0.455. The van der Waals surface area contributed by atoms with Gasteiger partial charge in [-0.1, -0.05) is 6.07 Å². The van der Waals surface area contributed by atoms with E-state index in [1.54, 1.807) is 17.0 Å². The number of hydrogen-bond donors (Lipinski definition) is 2. The second kappa shape index (κ2) is 9.38. The summed E-state index contributed by atoms with van der Waals surface area (Å²) in [5, 5.41) is 6.24. The molecule has 0 bridgehead atoms. The number of pyridine rings is 1. The minimum absolute atomic E-state index is 0.0443. The molecular weight excluding hydrogens is 447 g/mol. The van der Waals surface area contributed by atoms with Crippen molar-refractivity contribution < 1.29 is 9.18 Å². The van der Waals surface area contributed by atoms with Crippen LogP contribution in [0, 0.1) is 12.7 Å². The molecular formula is C25H27FN8O. The fraction of sp³-hybridized carbons (Fsp3) is 0.320. The van der Waals surface area contributed by atoms with Crippen LogP contribution < -0.4 is 10.6 Å². The number of aromatic nitrogens is 5. The smallest absolute Gasteiger partial charge is 0.255 e. The van der Waals surface area contributed by atoms with Crippen LogP contribution in [0.25, 0.3) is 22.3 Å². The normalized spacial score (nSPS) is 14.0. The van der Waals surface area contributed by atoms with Crippen molar-refractivity contribution in [2.75, 3.05) is 31.5 Å². The standard InChI is InChI=1S/C25H27FN8O/c1-15(2)34-16(3)30-20-6-4-17(12-21(20)34)23-19(26)14-29-25(32-23)31-22-7-5-18(13-28-22)24(35)33-10-8-27-9-11-33/h4-7,12-15,27H,8-11H2,1-3H3,(H,28,29,31,32). The third-order valence-electron chi connectivity index (χ3n) is 6.05. The lowest BCUT2D eigenvalue weighted by atomic mass is 10.1. The molecule has 0 atom stereocenters. The van der Waals surface area contributed by atoms with Crippen LogP contribution in [-0.2, 0) is 0 Å². The van der Waals surface area contributed by atoms with Gasteiger partial charge in [0, 0.05) is 44.0 Å². The summed E-state index contributed by atoms with van der Waals surface area (Å²) in [4.78, 5) is 31.8. The maximum Gasteiger partial charge on any atom is 0.255 e. The minimum atomic E-state index is -0.521. The van der Waals surface area contributed by atoms with Gasteiger partial charge in [-0.25, -0.2) is 24.3 Å². The molecule has 35 heavy (non-hydrogen) atoms. The van der Waals surface area contributed by atoms with Crippen LogP contribution >= 0.6 is 0 Å². The van der Waals surface area contributed by atoms with Crippen LogP contribution in [0.1, 0.15) is 36.1 Å². The van der Waals surface area contributed by atoms with Gasteiger partial charge in [-0.05, 0) is 45.0 Å². The number of fused-ring (bicyclic) bond motifs is 1. The molecule has 0 aliphatic carbocycles. The monoisotopic (exact) mass is 474 g/mol. The van der Waals surface area contributed by atoms with Gasteiger partial charge in [0.25, 0.3) is 5.91 Å². The molecule has 0 unspecified atom stereocenters. The van der Waals surface area contributed by atoms with Crippen LogP contribution in [0.15, 0.2) is 42.7 Å². The minimum Gasteiger partial charge on any atom is -0.336 e. The van der Waals surface area contributed by atoms with Crippen LogP contribution in [0.5, 0.6) is 0 Å². The van der Waals surface area contributed by atoms with Gasteiger partial charge >= 0.3 is 0 Å². The molecule has 180 valence electrons. The number of benzene rings is 1. The van der Waals surface area contributed by atoms with Gasteiger partial charge < -0.3 is 20.1 Å². The lowest BCUT2D eigenvalue weighted by Crippen LogP contribution is -2.46. The molecule has 1 fully saturated rings. The number of nitrogens with one attached hydrogen (secondary N) is 2. The number of carbonyl (C=O) groups excluding carboxylic acids is 1. The lowest BCUT2D eigenvalue weighted by molar-refractivity contribution is 0.0735. The van der Waals surface area contributed by atoms with E-state index in [9.17, 15) is 9.18 Å². The molecule has 2 N–H and O–H groups in total. The van der Waals surface area contributed by atoms with Crippen LogP contribution in [-0.4, -0.2) is 61.5 Å². The van der Waals surface area contributed by atoms with Crippen molar-refractivity contribution in [1.29, 1.82) is 0 Å². The zero-order valence-corrected chi connectivity index (χ0v) is 19.9. The highest BCUT2D eigenvalue weighted by atomic mass is 19.1. The largest absolute Gasteiger partial charge is 0.336 e. The second-order valence-electron chi connectivity index (χ2n) is 8.82. The predicted molar refractivity (Wildman–Crippen MR) is 132 cm³/mol. The zero-order valence-electron chi connectivity index (χ0n) is 19.9. The van der Waals surface area contributed by atoms with E-state index in [0.717, 1.165) is 36.1 Å². The average molecular weight is 475 g/mol. The van der Waals surface area contributed by atoms with Crippen molar-refractivity contribution in [1.82, 2.24) is 34.7 Å². The number of halogens is 1. The van der Waals surface area contributed by atoms with Crippen LogP contribution in [0.3, 0.4) is 0 Å². The molecule has 0 radical (unpaired) electrons. The average Bonchev–Trinajstić information content (AvgIpc) is 3.21. The number of aryl methyl sites for hydroxylation is 1. The van der Waals surface area contributed by atoms with Crippen molar-refractivity contribution in [3.05, 3.63) is 59.9 Å². The molecule has 9 nitrogen and oxygen atoms in total. The maximum atomic E-state index is 14.7. The molecule has 1 aliphatic rings. The Morgan fingerprint density at radius 2 is 1.89 bits per heavy atom. The Balaban J connectivity index is 1.39. The molecule has 4 aromatic rings. The Bertz CT molecular complexity index is 1380. The lowest BCUT2D eigenvalue weighted by Gasteiger charge is -2.27. The van der Waals surface area contributed by atoms with E-state index in [1.165, 1.54) is 6.20 Å². The number of amides is 1. The number of hydrogen-bond acceptors (Lipinski definition) is 7. The van der Waals surface area contributed by atoms with Crippen molar-refractivity contribution in [2.45, 2.75) is 26.8 Å².